The SMILES string of the molecule is Cn1c(S(=O)(=O)n2ccc(/C=C/C(=O)NO)c2)nc2cc(N(CCCl)CCCl)ccc21. The zero-order valence-corrected chi connectivity index (χ0v) is 18.9. The van der Waals surface area contributed by atoms with Crippen LogP contribution in [0.2, 0.25) is 0 Å². The van der Waals surface area contributed by atoms with Gasteiger partial charge in [0, 0.05) is 56.1 Å². The lowest BCUT2D eigenvalue weighted by molar-refractivity contribution is -0.124. The van der Waals surface area contributed by atoms with Crippen molar-refractivity contribution in [3.8, 4) is 0 Å². The van der Waals surface area contributed by atoms with Crippen molar-refractivity contribution < 1.29 is 18.4 Å². The molecule has 0 bridgehead atoms. The largest absolute Gasteiger partial charge is 0.369 e. The van der Waals surface area contributed by atoms with Crippen LogP contribution < -0.4 is 10.4 Å². The second-order valence-corrected chi connectivity index (χ2v) is 9.07. The van der Waals surface area contributed by atoms with Gasteiger partial charge in [0.1, 0.15) is 0 Å². The van der Waals surface area contributed by atoms with Crippen molar-refractivity contribution in [1.29, 1.82) is 0 Å². The van der Waals surface area contributed by atoms with E-state index in [0.29, 0.717) is 41.4 Å². The number of benzene rings is 1. The van der Waals surface area contributed by atoms with Crippen LogP contribution >= 0.6 is 23.2 Å². The molecule has 166 valence electrons. The summed E-state index contributed by atoms with van der Waals surface area (Å²) in [4.78, 5) is 17.5. The molecule has 12 heteroatoms. The first-order valence-electron chi connectivity index (χ1n) is 9.21. The summed E-state index contributed by atoms with van der Waals surface area (Å²) >= 11 is 11.8. The minimum atomic E-state index is -3.98. The van der Waals surface area contributed by atoms with Crippen LogP contribution in [0.25, 0.3) is 17.1 Å². The number of aromatic nitrogens is 3. The van der Waals surface area contributed by atoms with E-state index in [0.717, 1.165) is 15.7 Å². The third kappa shape index (κ3) is 4.87. The molecular formula is C19H21Cl2N5O4S. The van der Waals surface area contributed by atoms with Crippen LogP contribution in [-0.2, 0) is 21.9 Å². The van der Waals surface area contributed by atoms with Crippen molar-refractivity contribution in [3.05, 3.63) is 48.3 Å². The summed E-state index contributed by atoms with van der Waals surface area (Å²) in [5.74, 6) is 0.140. The van der Waals surface area contributed by atoms with Gasteiger partial charge in [0.2, 0.25) is 5.16 Å². The highest BCUT2D eigenvalue weighted by atomic mass is 35.5. The van der Waals surface area contributed by atoms with E-state index in [1.165, 1.54) is 34.6 Å². The van der Waals surface area contributed by atoms with Crippen LogP contribution in [0.15, 0.2) is 47.9 Å². The molecule has 0 aliphatic carbocycles. The smallest absolute Gasteiger partial charge is 0.301 e. The van der Waals surface area contributed by atoms with Gasteiger partial charge < -0.3 is 9.47 Å². The quantitative estimate of drug-likeness (QED) is 0.208. The number of hydrogen-bond acceptors (Lipinski definition) is 6. The van der Waals surface area contributed by atoms with Crippen molar-refractivity contribution >= 4 is 61.9 Å². The number of nitrogens with zero attached hydrogens (tertiary/aromatic N) is 4. The third-order valence-corrected chi connectivity index (χ3v) is 6.58. The molecule has 0 aliphatic rings. The van der Waals surface area contributed by atoms with Crippen molar-refractivity contribution in [1.82, 2.24) is 19.0 Å². The molecule has 9 nitrogen and oxygen atoms in total. The molecule has 2 N–H and O–H groups in total. The molecule has 0 saturated heterocycles. The molecular weight excluding hydrogens is 465 g/mol. The first-order valence-corrected chi connectivity index (χ1v) is 11.7. The zero-order valence-electron chi connectivity index (χ0n) is 16.6. The van der Waals surface area contributed by atoms with E-state index in [1.807, 2.05) is 23.1 Å². The van der Waals surface area contributed by atoms with Crippen LogP contribution in [-0.4, -0.2) is 57.9 Å². The number of hydroxylamine groups is 1. The van der Waals surface area contributed by atoms with E-state index in [1.54, 1.807) is 7.05 Å². The molecule has 31 heavy (non-hydrogen) atoms. The predicted molar refractivity (Wildman–Crippen MR) is 120 cm³/mol. The Hall–Kier alpha value is -2.53. The maximum Gasteiger partial charge on any atom is 0.301 e. The number of anilines is 1. The Morgan fingerprint density at radius 3 is 2.61 bits per heavy atom. The second-order valence-electron chi connectivity index (χ2n) is 6.58. The van der Waals surface area contributed by atoms with Gasteiger partial charge in [0.25, 0.3) is 5.91 Å². The van der Waals surface area contributed by atoms with Crippen LogP contribution in [0.4, 0.5) is 5.69 Å². The van der Waals surface area contributed by atoms with Gasteiger partial charge in [-0.25, -0.2) is 14.4 Å². The summed E-state index contributed by atoms with van der Waals surface area (Å²) in [7, 11) is -2.35. The Morgan fingerprint density at radius 2 is 1.97 bits per heavy atom. The van der Waals surface area contributed by atoms with Crippen molar-refractivity contribution in [2.75, 3.05) is 29.7 Å². The van der Waals surface area contributed by atoms with Gasteiger partial charge in [0.05, 0.1) is 11.0 Å². The van der Waals surface area contributed by atoms with Crippen LogP contribution in [0.3, 0.4) is 0 Å². The fourth-order valence-electron chi connectivity index (χ4n) is 3.11. The van der Waals surface area contributed by atoms with E-state index in [4.69, 9.17) is 28.4 Å². The molecule has 0 spiro atoms. The van der Waals surface area contributed by atoms with Gasteiger partial charge in [-0.2, -0.15) is 8.42 Å². The Kier molecular flexibility index (Phi) is 7.26. The molecule has 2 aromatic heterocycles. The number of hydrogen-bond donors (Lipinski definition) is 2. The summed E-state index contributed by atoms with van der Waals surface area (Å²) in [6.45, 7) is 1.21. The molecule has 1 aromatic carbocycles. The molecule has 0 fully saturated rings. The lowest BCUT2D eigenvalue weighted by Crippen LogP contribution is -2.27. The average molecular weight is 486 g/mol. The van der Waals surface area contributed by atoms with Crippen LogP contribution in [0, 0.1) is 0 Å². The van der Waals surface area contributed by atoms with E-state index >= 15 is 0 Å². The van der Waals surface area contributed by atoms with Crippen LogP contribution in [0.1, 0.15) is 5.56 Å². The minimum Gasteiger partial charge on any atom is -0.369 e. The van der Waals surface area contributed by atoms with E-state index in [-0.39, 0.29) is 5.16 Å². The number of imidazole rings is 1. The number of halogens is 2. The van der Waals surface area contributed by atoms with Crippen LogP contribution in [0.5, 0.6) is 0 Å². The second kappa shape index (κ2) is 9.73. The minimum absolute atomic E-state index is 0.125. The summed E-state index contributed by atoms with van der Waals surface area (Å²) < 4.78 is 28.8. The lowest BCUT2D eigenvalue weighted by Gasteiger charge is -2.22. The van der Waals surface area contributed by atoms with Crippen molar-refractivity contribution in [2.45, 2.75) is 5.16 Å². The van der Waals surface area contributed by atoms with Gasteiger partial charge in [-0.05, 0) is 35.9 Å². The van der Waals surface area contributed by atoms with Crippen molar-refractivity contribution in [3.63, 3.8) is 0 Å². The summed E-state index contributed by atoms with van der Waals surface area (Å²) in [6.07, 6.45) is 5.17. The van der Waals surface area contributed by atoms with E-state index in [9.17, 15) is 13.2 Å². The molecule has 3 rings (SSSR count). The van der Waals surface area contributed by atoms with Gasteiger partial charge in [0.15, 0.2) is 0 Å². The Morgan fingerprint density at radius 1 is 1.26 bits per heavy atom. The van der Waals surface area contributed by atoms with Gasteiger partial charge in [-0.15, -0.1) is 23.2 Å². The van der Waals surface area contributed by atoms with Gasteiger partial charge >= 0.3 is 10.0 Å². The molecule has 2 heterocycles. The maximum absolute atomic E-state index is 13.1. The monoisotopic (exact) mass is 485 g/mol. The Balaban J connectivity index is 1.98. The summed E-state index contributed by atoms with van der Waals surface area (Å²) in [5, 5.41) is 8.41. The predicted octanol–water partition coefficient (Wildman–Crippen LogP) is 2.41. The number of rotatable bonds is 9. The first-order chi connectivity index (χ1) is 14.8. The number of carbonyl (C=O) groups excluding carboxylic acids is 1. The zero-order chi connectivity index (χ0) is 22.6. The fourth-order valence-corrected chi connectivity index (χ4v) is 4.85. The molecule has 0 radical (unpaired) electrons. The first kappa shape index (κ1) is 23.1. The molecule has 0 saturated carbocycles. The fraction of sp³-hybridized carbons (Fsp3) is 0.263. The van der Waals surface area contributed by atoms with Gasteiger partial charge in [-0.3, -0.25) is 10.0 Å². The molecule has 1 amide bonds. The Labute approximate surface area is 189 Å². The average Bonchev–Trinajstić information content (AvgIpc) is 3.37. The van der Waals surface area contributed by atoms with E-state index < -0.39 is 15.9 Å². The number of fused-ring (bicyclic) bond motifs is 1. The highest BCUT2D eigenvalue weighted by Gasteiger charge is 2.24. The molecule has 0 atom stereocenters. The lowest BCUT2D eigenvalue weighted by atomic mass is 10.2. The third-order valence-electron chi connectivity index (χ3n) is 4.63. The van der Waals surface area contributed by atoms with E-state index in [2.05, 4.69) is 4.98 Å². The molecule has 0 unspecified atom stereocenters. The number of nitrogens with one attached hydrogen (secondary N) is 1. The normalized spacial score (nSPS) is 12.0. The summed E-state index contributed by atoms with van der Waals surface area (Å²) in [5.41, 5.74) is 3.97. The number of amides is 1. The highest BCUT2D eigenvalue weighted by molar-refractivity contribution is 7.89. The maximum atomic E-state index is 13.1. The molecule has 3 aromatic rings. The topological polar surface area (TPSA) is 109 Å². The number of alkyl halides is 2. The summed E-state index contributed by atoms with van der Waals surface area (Å²) in [6, 6.07) is 7.02. The number of carbonyl (C=O) groups is 1. The van der Waals surface area contributed by atoms with Gasteiger partial charge in [-0.1, -0.05) is 0 Å². The highest BCUT2D eigenvalue weighted by Crippen LogP contribution is 2.25. The standard InChI is InChI=1S/C19H21Cl2N5O4S/c1-24-17-4-3-15(25(10-7-20)11-8-21)12-16(17)22-19(24)31(29,30)26-9-6-14(13-26)2-5-18(27)23-28/h2-6,9,12-13,28H,7-8,10-11H2,1H3,(H,23,27)/b5-2+. The molecule has 0 aliphatic heterocycles. The van der Waals surface area contributed by atoms with Crippen molar-refractivity contribution in [2.24, 2.45) is 7.05 Å². The number of aryl methyl sites for hydroxylation is 1. The Bertz CT molecular complexity index is 1210.